The molecule has 2 saturated carbocycles. The van der Waals surface area contributed by atoms with Gasteiger partial charge in [-0.1, -0.05) is 32.1 Å². The molecule has 0 aromatic carbocycles. The van der Waals surface area contributed by atoms with Crippen LogP contribution in [0.3, 0.4) is 0 Å². The first-order valence-corrected chi connectivity index (χ1v) is 8.28. The van der Waals surface area contributed by atoms with Crippen molar-refractivity contribution in [3.05, 3.63) is 0 Å². The molecule has 0 spiro atoms. The van der Waals surface area contributed by atoms with Crippen molar-refractivity contribution in [2.24, 2.45) is 17.3 Å². The Balaban J connectivity index is 1.47. The van der Waals surface area contributed by atoms with Gasteiger partial charge in [-0.2, -0.15) is 0 Å². The second kappa shape index (κ2) is 5.50. The van der Waals surface area contributed by atoms with E-state index in [1.807, 2.05) is 0 Å². The summed E-state index contributed by atoms with van der Waals surface area (Å²) in [6.07, 6.45) is 8.33. The molecular weight excluding hydrogens is 268 g/mol. The zero-order chi connectivity index (χ0) is 15.0. The Bertz CT molecular complexity index is 433. The number of carboxylic acids is 1. The molecule has 5 heteroatoms. The molecule has 3 unspecified atom stereocenters. The molecule has 0 bridgehead atoms. The van der Waals surface area contributed by atoms with Gasteiger partial charge in [0, 0.05) is 19.1 Å². The second-order valence-corrected chi connectivity index (χ2v) is 7.39. The summed E-state index contributed by atoms with van der Waals surface area (Å²) in [6, 6.07) is 0.264. The summed E-state index contributed by atoms with van der Waals surface area (Å²) in [6.45, 7) is 2.61. The van der Waals surface area contributed by atoms with Crippen molar-refractivity contribution >= 4 is 12.0 Å². The number of amides is 2. The van der Waals surface area contributed by atoms with Gasteiger partial charge in [0.05, 0.1) is 5.41 Å². The van der Waals surface area contributed by atoms with Gasteiger partial charge in [0.25, 0.3) is 0 Å². The van der Waals surface area contributed by atoms with E-state index in [0.29, 0.717) is 31.5 Å². The molecule has 2 N–H and O–H groups in total. The van der Waals surface area contributed by atoms with E-state index in [0.717, 1.165) is 12.3 Å². The Hall–Kier alpha value is -1.26. The number of rotatable bonds is 3. The standard InChI is InChI=1S/C16H26N2O3/c1-16(14(19)20)7-8-18(10-16)15(21)17-13-9-12(13)11-5-3-2-4-6-11/h11-13H,2-10H2,1H3,(H,17,21)(H,19,20). The molecule has 0 aromatic rings. The summed E-state index contributed by atoms with van der Waals surface area (Å²) < 4.78 is 0. The van der Waals surface area contributed by atoms with Gasteiger partial charge in [0.1, 0.15) is 0 Å². The van der Waals surface area contributed by atoms with Gasteiger partial charge in [-0.3, -0.25) is 4.79 Å². The highest BCUT2D eigenvalue weighted by Gasteiger charge is 2.46. The zero-order valence-electron chi connectivity index (χ0n) is 12.8. The van der Waals surface area contributed by atoms with Crippen molar-refractivity contribution < 1.29 is 14.7 Å². The van der Waals surface area contributed by atoms with E-state index in [4.69, 9.17) is 0 Å². The van der Waals surface area contributed by atoms with Crippen LogP contribution in [0.1, 0.15) is 51.9 Å². The highest BCUT2D eigenvalue weighted by Crippen LogP contribution is 2.44. The van der Waals surface area contributed by atoms with Crippen LogP contribution in [-0.2, 0) is 4.79 Å². The molecular formula is C16H26N2O3. The fourth-order valence-corrected chi connectivity index (χ4v) is 4.02. The minimum Gasteiger partial charge on any atom is -0.481 e. The van der Waals surface area contributed by atoms with Crippen LogP contribution in [0.15, 0.2) is 0 Å². The molecule has 3 fully saturated rings. The predicted octanol–water partition coefficient (Wildman–Crippen LogP) is 2.46. The van der Waals surface area contributed by atoms with Crippen LogP contribution in [-0.4, -0.2) is 41.1 Å². The lowest BCUT2D eigenvalue weighted by Crippen LogP contribution is -2.42. The molecule has 118 valence electrons. The van der Waals surface area contributed by atoms with E-state index in [1.54, 1.807) is 11.8 Å². The number of carbonyl (C=O) groups excluding carboxylic acids is 1. The average Bonchev–Trinajstić information content (AvgIpc) is 3.11. The van der Waals surface area contributed by atoms with Gasteiger partial charge >= 0.3 is 12.0 Å². The third-order valence-corrected chi connectivity index (χ3v) is 5.68. The van der Waals surface area contributed by atoms with E-state index in [2.05, 4.69) is 5.32 Å². The molecule has 2 aliphatic carbocycles. The lowest BCUT2D eigenvalue weighted by atomic mass is 9.85. The van der Waals surface area contributed by atoms with Crippen molar-refractivity contribution in [3.63, 3.8) is 0 Å². The molecule has 5 nitrogen and oxygen atoms in total. The van der Waals surface area contributed by atoms with Gasteiger partial charge in [0.15, 0.2) is 0 Å². The number of nitrogens with zero attached hydrogens (tertiary/aromatic N) is 1. The maximum atomic E-state index is 12.3. The summed E-state index contributed by atoms with van der Waals surface area (Å²) in [7, 11) is 0. The van der Waals surface area contributed by atoms with E-state index in [-0.39, 0.29) is 6.03 Å². The number of hydrogen-bond donors (Lipinski definition) is 2. The predicted molar refractivity (Wildman–Crippen MR) is 78.9 cm³/mol. The van der Waals surface area contributed by atoms with Crippen LogP contribution in [0.2, 0.25) is 0 Å². The third-order valence-electron chi connectivity index (χ3n) is 5.68. The average molecular weight is 294 g/mol. The number of urea groups is 1. The zero-order valence-corrected chi connectivity index (χ0v) is 12.8. The first kappa shape index (κ1) is 14.7. The Kier molecular flexibility index (Phi) is 3.84. The second-order valence-electron chi connectivity index (χ2n) is 7.39. The Morgan fingerprint density at radius 3 is 2.57 bits per heavy atom. The highest BCUT2D eigenvalue weighted by molar-refractivity contribution is 5.79. The summed E-state index contributed by atoms with van der Waals surface area (Å²) >= 11 is 0. The SMILES string of the molecule is CC1(C(=O)O)CCN(C(=O)NC2CC2C2CCCCC2)C1. The van der Waals surface area contributed by atoms with Crippen LogP contribution in [0.5, 0.6) is 0 Å². The minimum atomic E-state index is -0.802. The Morgan fingerprint density at radius 1 is 1.24 bits per heavy atom. The monoisotopic (exact) mass is 294 g/mol. The van der Waals surface area contributed by atoms with Gasteiger partial charge in [-0.15, -0.1) is 0 Å². The topological polar surface area (TPSA) is 69.6 Å². The number of nitrogens with one attached hydrogen (secondary N) is 1. The lowest BCUT2D eigenvalue weighted by Gasteiger charge is -2.23. The summed E-state index contributed by atoms with van der Waals surface area (Å²) in [4.78, 5) is 25.2. The third kappa shape index (κ3) is 3.01. The summed E-state index contributed by atoms with van der Waals surface area (Å²) in [5.41, 5.74) is -0.774. The van der Waals surface area contributed by atoms with Crippen LogP contribution in [0.25, 0.3) is 0 Å². The number of carbonyl (C=O) groups is 2. The maximum absolute atomic E-state index is 12.3. The van der Waals surface area contributed by atoms with Crippen LogP contribution in [0.4, 0.5) is 4.79 Å². The summed E-state index contributed by atoms with van der Waals surface area (Å²) in [5, 5.41) is 12.3. The largest absolute Gasteiger partial charge is 0.481 e. The normalized spacial score (nSPS) is 36.5. The smallest absolute Gasteiger partial charge is 0.317 e. The molecule has 3 rings (SSSR count). The minimum absolute atomic E-state index is 0.0664. The van der Waals surface area contributed by atoms with Crippen molar-refractivity contribution in [2.45, 2.75) is 57.9 Å². The molecule has 0 aromatic heterocycles. The first-order chi connectivity index (χ1) is 9.99. The van der Waals surface area contributed by atoms with Crippen molar-refractivity contribution in [1.29, 1.82) is 0 Å². The fraction of sp³-hybridized carbons (Fsp3) is 0.875. The van der Waals surface area contributed by atoms with Crippen molar-refractivity contribution in [1.82, 2.24) is 10.2 Å². The van der Waals surface area contributed by atoms with Crippen LogP contribution >= 0.6 is 0 Å². The van der Waals surface area contributed by atoms with Gasteiger partial charge in [0.2, 0.25) is 0 Å². The Morgan fingerprint density at radius 2 is 1.95 bits per heavy atom. The highest BCUT2D eigenvalue weighted by atomic mass is 16.4. The molecule has 1 aliphatic heterocycles. The fourth-order valence-electron chi connectivity index (χ4n) is 4.02. The van der Waals surface area contributed by atoms with Gasteiger partial charge in [-0.25, -0.2) is 4.79 Å². The van der Waals surface area contributed by atoms with E-state index < -0.39 is 11.4 Å². The quantitative estimate of drug-likeness (QED) is 0.840. The molecule has 3 aliphatic rings. The molecule has 3 atom stereocenters. The van der Waals surface area contributed by atoms with Gasteiger partial charge in [-0.05, 0) is 31.6 Å². The number of aliphatic carboxylic acids is 1. The lowest BCUT2D eigenvalue weighted by molar-refractivity contribution is -0.146. The van der Waals surface area contributed by atoms with E-state index >= 15 is 0 Å². The summed E-state index contributed by atoms with van der Waals surface area (Å²) in [5.74, 6) is 0.666. The number of hydrogen-bond acceptors (Lipinski definition) is 2. The van der Waals surface area contributed by atoms with E-state index in [9.17, 15) is 14.7 Å². The molecule has 0 radical (unpaired) electrons. The van der Waals surface area contributed by atoms with Gasteiger partial charge < -0.3 is 15.3 Å². The molecule has 2 amide bonds. The number of likely N-dealkylation sites (tertiary alicyclic amines) is 1. The molecule has 1 heterocycles. The van der Waals surface area contributed by atoms with Crippen molar-refractivity contribution in [2.75, 3.05) is 13.1 Å². The Labute approximate surface area is 126 Å². The van der Waals surface area contributed by atoms with Crippen LogP contribution < -0.4 is 5.32 Å². The van der Waals surface area contributed by atoms with Crippen molar-refractivity contribution in [3.8, 4) is 0 Å². The van der Waals surface area contributed by atoms with E-state index in [1.165, 1.54) is 32.1 Å². The number of carboxylic acid groups (broad SMARTS) is 1. The van der Waals surface area contributed by atoms with Crippen LogP contribution in [0, 0.1) is 17.3 Å². The maximum Gasteiger partial charge on any atom is 0.317 e. The first-order valence-electron chi connectivity index (χ1n) is 8.28. The molecule has 21 heavy (non-hydrogen) atoms. The molecule has 1 saturated heterocycles.